The lowest BCUT2D eigenvalue weighted by Crippen LogP contribution is -2.45. The van der Waals surface area contributed by atoms with E-state index in [1.54, 1.807) is 24.3 Å². The van der Waals surface area contributed by atoms with Gasteiger partial charge in [-0.15, -0.1) is 0 Å². The third kappa shape index (κ3) is 6.30. The van der Waals surface area contributed by atoms with Gasteiger partial charge in [0.2, 0.25) is 5.91 Å². The second kappa shape index (κ2) is 11.3. The van der Waals surface area contributed by atoms with Crippen LogP contribution in [-0.4, -0.2) is 52.2 Å². The third-order valence-corrected chi connectivity index (χ3v) is 8.14. The van der Waals surface area contributed by atoms with Crippen LogP contribution in [0.5, 0.6) is 0 Å². The fraction of sp³-hybridized carbons (Fsp3) is 0.483. The van der Waals surface area contributed by atoms with Crippen LogP contribution in [0, 0.1) is 5.92 Å². The van der Waals surface area contributed by atoms with E-state index in [-0.39, 0.29) is 5.82 Å². The van der Waals surface area contributed by atoms with Crippen molar-refractivity contribution in [2.24, 2.45) is 5.92 Å². The Morgan fingerprint density at radius 3 is 2.56 bits per heavy atom. The van der Waals surface area contributed by atoms with Gasteiger partial charge in [0.25, 0.3) is 5.56 Å². The molecule has 2 aromatic carbocycles. The molecule has 1 N–H and O–H groups in total. The molecule has 2 heterocycles. The molecular formula is C29H32ClF3N4O2. The van der Waals surface area contributed by atoms with Crippen molar-refractivity contribution in [2.75, 3.05) is 19.6 Å². The summed E-state index contributed by atoms with van der Waals surface area (Å²) in [5.41, 5.74) is 1.52. The Hall–Kier alpha value is -2.91. The van der Waals surface area contributed by atoms with Crippen molar-refractivity contribution in [1.82, 2.24) is 19.8 Å². The fourth-order valence-electron chi connectivity index (χ4n) is 5.66. The molecule has 0 radical (unpaired) electrons. The number of halogens is 4. The van der Waals surface area contributed by atoms with Crippen molar-refractivity contribution in [1.29, 1.82) is 0 Å². The van der Waals surface area contributed by atoms with Crippen molar-refractivity contribution in [3.63, 3.8) is 0 Å². The first kappa shape index (κ1) is 27.6. The van der Waals surface area contributed by atoms with Crippen molar-refractivity contribution in [3.05, 3.63) is 63.4 Å². The molecule has 2 aliphatic rings. The van der Waals surface area contributed by atoms with Crippen molar-refractivity contribution >= 4 is 28.4 Å². The first-order valence-corrected chi connectivity index (χ1v) is 13.8. The number of amides is 1. The van der Waals surface area contributed by atoms with E-state index in [2.05, 4.69) is 9.88 Å². The van der Waals surface area contributed by atoms with Crippen molar-refractivity contribution in [3.8, 4) is 11.4 Å². The van der Waals surface area contributed by atoms with E-state index in [1.807, 2.05) is 23.5 Å². The largest absolute Gasteiger partial charge is 0.408 e. The molecule has 1 aromatic heterocycles. The molecular weight excluding hydrogens is 529 g/mol. The molecule has 10 heteroatoms. The number of fused-ring (bicyclic) bond motifs is 1. The highest BCUT2D eigenvalue weighted by atomic mass is 35.5. The summed E-state index contributed by atoms with van der Waals surface area (Å²) in [7, 11) is 0. The topological polar surface area (TPSA) is 67.2 Å². The number of hydrogen-bond donors (Lipinski definition) is 1. The average molecular weight is 561 g/mol. The molecule has 1 saturated carbocycles. The van der Waals surface area contributed by atoms with Crippen molar-refractivity contribution in [2.45, 2.75) is 63.7 Å². The van der Waals surface area contributed by atoms with Crippen molar-refractivity contribution < 1.29 is 18.0 Å². The molecule has 0 bridgehead atoms. The second-order valence-electron chi connectivity index (χ2n) is 10.8. The van der Waals surface area contributed by atoms with Gasteiger partial charge < -0.3 is 10.2 Å². The van der Waals surface area contributed by atoms with E-state index in [0.717, 1.165) is 36.4 Å². The van der Waals surface area contributed by atoms with Gasteiger partial charge in [-0.05, 0) is 87.4 Å². The molecule has 1 aliphatic carbocycles. The number of carbonyl (C=O) groups excluding carboxylic acids is 1. The fourth-order valence-corrected chi connectivity index (χ4v) is 5.85. The van der Waals surface area contributed by atoms with Crippen LogP contribution in [0.15, 0.2) is 47.3 Å². The summed E-state index contributed by atoms with van der Waals surface area (Å²) < 4.78 is 40.2. The van der Waals surface area contributed by atoms with Gasteiger partial charge in [0.05, 0.1) is 10.9 Å². The number of likely N-dealkylation sites (tertiary alicyclic amines) is 1. The Balaban J connectivity index is 1.43. The second-order valence-corrected chi connectivity index (χ2v) is 11.3. The van der Waals surface area contributed by atoms with Gasteiger partial charge in [-0.1, -0.05) is 36.2 Å². The Morgan fingerprint density at radius 2 is 1.87 bits per heavy atom. The highest BCUT2D eigenvalue weighted by Gasteiger charge is 2.37. The molecule has 1 saturated heterocycles. The van der Waals surface area contributed by atoms with Gasteiger partial charge in [-0.2, -0.15) is 13.2 Å². The summed E-state index contributed by atoms with van der Waals surface area (Å²) in [5.74, 6) is 0.230. The lowest BCUT2D eigenvalue weighted by atomic mass is 9.71. The number of aromatic nitrogens is 2. The van der Waals surface area contributed by atoms with Gasteiger partial charge in [0.1, 0.15) is 18.4 Å². The smallest absolute Gasteiger partial charge is 0.343 e. The summed E-state index contributed by atoms with van der Waals surface area (Å²) >= 11 is 6.16. The number of nitrogens with zero attached hydrogens (tertiary/aromatic N) is 3. The Morgan fingerprint density at radius 1 is 1.13 bits per heavy atom. The summed E-state index contributed by atoms with van der Waals surface area (Å²) in [4.78, 5) is 33.5. The third-order valence-electron chi connectivity index (χ3n) is 7.90. The van der Waals surface area contributed by atoms with Crippen LogP contribution in [0.25, 0.3) is 22.3 Å². The zero-order valence-electron chi connectivity index (χ0n) is 21.8. The predicted octanol–water partition coefficient (Wildman–Crippen LogP) is 5.76. The lowest BCUT2D eigenvalue weighted by Gasteiger charge is -2.40. The molecule has 1 aliphatic heterocycles. The average Bonchev–Trinajstić information content (AvgIpc) is 2.87. The molecule has 2 fully saturated rings. The summed E-state index contributed by atoms with van der Waals surface area (Å²) in [6.45, 7) is 3.72. The highest BCUT2D eigenvalue weighted by molar-refractivity contribution is 6.30. The van der Waals surface area contributed by atoms with E-state index in [9.17, 15) is 22.8 Å². The predicted molar refractivity (Wildman–Crippen MR) is 146 cm³/mol. The summed E-state index contributed by atoms with van der Waals surface area (Å²) in [5, 5.41) is 2.69. The number of carbonyl (C=O) groups is 1. The minimum atomic E-state index is -4.60. The van der Waals surface area contributed by atoms with E-state index in [4.69, 9.17) is 11.6 Å². The number of alkyl halides is 3. The molecule has 0 spiro atoms. The van der Waals surface area contributed by atoms with Crippen LogP contribution >= 0.6 is 11.6 Å². The maximum Gasteiger partial charge on any atom is 0.408 e. The van der Waals surface area contributed by atoms with Gasteiger partial charge >= 0.3 is 6.18 Å². The Labute approximate surface area is 230 Å². The maximum atomic E-state index is 13.7. The number of benzene rings is 2. The van der Waals surface area contributed by atoms with Crippen LogP contribution in [0.3, 0.4) is 0 Å². The van der Waals surface area contributed by atoms with E-state index in [0.29, 0.717) is 33.3 Å². The molecule has 208 valence electrons. The van der Waals surface area contributed by atoms with E-state index >= 15 is 0 Å². The SMILES string of the molecule is C[C@H](NC(=O)Cn1c(-c2cccc(Cl)c2)nc2ccc([C@H]3C[C@H](CN4CCCCC4)C3)cc2c1=O)C(F)(F)F. The lowest BCUT2D eigenvalue weighted by molar-refractivity contribution is -0.158. The first-order valence-electron chi connectivity index (χ1n) is 13.5. The van der Waals surface area contributed by atoms with E-state index < -0.39 is 30.2 Å². The minimum Gasteiger partial charge on any atom is -0.343 e. The number of rotatable bonds is 7. The van der Waals surface area contributed by atoms with Gasteiger partial charge in [0, 0.05) is 17.1 Å². The highest BCUT2D eigenvalue weighted by Crippen LogP contribution is 2.42. The standard InChI is InChI=1S/C29H32ClF3N4O2/c1-18(29(31,32)33)34-26(38)17-37-27(21-6-5-7-23(30)14-21)35-25-9-8-20(15-24(25)28(37)39)22-12-19(13-22)16-36-10-3-2-4-11-36/h5-9,14-15,18-19,22H,2-4,10-13,16-17H2,1H3,(H,34,38)/t18-,19-,22-/m0/s1. The zero-order chi connectivity index (χ0) is 27.7. The molecule has 5 rings (SSSR count). The molecule has 0 unspecified atom stereocenters. The number of piperidine rings is 1. The molecule has 1 amide bonds. The minimum absolute atomic E-state index is 0.169. The Kier molecular flexibility index (Phi) is 8.01. The molecule has 39 heavy (non-hydrogen) atoms. The van der Waals surface area contributed by atoms with Gasteiger partial charge in [0.15, 0.2) is 0 Å². The Bertz CT molecular complexity index is 1410. The first-order chi connectivity index (χ1) is 18.6. The monoisotopic (exact) mass is 560 g/mol. The van der Waals surface area contributed by atoms with Crippen LogP contribution in [-0.2, 0) is 11.3 Å². The normalized spacial score (nSPS) is 20.9. The zero-order valence-corrected chi connectivity index (χ0v) is 22.6. The summed E-state index contributed by atoms with van der Waals surface area (Å²) in [6.07, 6.45) is 1.37. The van der Waals surface area contributed by atoms with Crippen LogP contribution in [0.2, 0.25) is 5.02 Å². The van der Waals surface area contributed by atoms with Crippen LogP contribution < -0.4 is 10.9 Å². The molecule has 6 nitrogen and oxygen atoms in total. The summed E-state index contributed by atoms with van der Waals surface area (Å²) in [6, 6.07) is 10.2. The quantitative estimate of drug-likeness (QED) is 0.399. The van der Waals surface area contributed by atoms with Gasteiger partial charge in [-0.25, -0.2) is 4.98 Å². The number of hydrogen-bond acceptors (Lipinski definition) is 4. The molecule has 1 atom stereocenters. The van der Waals surface area contributed by atoms with Crippen LogP contribution in [0.4, 0.5) is 13.2 Å². The molecule has 3 aromatic rings. The van der Waals surface area contributed by atoms with E-state index in [1.165, 1.54) is 32.4 Å². The maximum absolute atomic E-state index is 13.7. The van der Waals surface area contributed by atoms with Crippen LogP contribution in [0.1, 0.15) is 50.5 Å². The van der Waals surface area contributed by atoms with Gasteiger partial charge in [-0.3, -0.25) is 14.2 Å². The number of nitrogens with one attached hydrogen (secondary N) is 1.